The lowest BCUT2D eigenvalue weighted by Crippen LogP contribution is -2.05. The molecule has 3 heteroatoms. The monoisotopic (exact) mass is 111 g/mol. The highest BCUT2D eigenvalue weighted by molar-refractivity contribution is 6.22. The van der Waals surface area contributed by atoms with Gasteiger partial charge in [-0.3, -0.25) is 0 Å². The molecule has 0 aromatic carbocycles. The van der Waals surface area contributed by atoms with Gasteiger partial charge < -0.3 is 11.3 Å². The SMILES string of the molecule is CC(C)(O)Cl.N. The van der Waals surface area contributed by atoms with Gasteiger partial charge in [0.25, 0.3) is 0 Å². The Kier molecular flexibility index (Phi) is 3.80. The minimum atomic E-state index is -1.03. The van der Waals surface area contributed by atoms with Gasteiger partial charge in [-0.05, 0) is 13.8 Å². The predicted octanol–water partition coefficient (Wildman–Crippen LogP) is 1.12. The standard InChI is InChI=1S/C3H7ClO.H3N/c1-3(2,4)5;/h5H,1-2H3;1H3. The summed E-state index contributed by atoms with van der Waals surface area (Å²) < 4.78 is 0. The zero-order valence-electron chi connectivity index (χ0n) is 4.03. The molecule has 0 unspecified atom stereocenters. The van der Waals surface area contributed by atoms with E-state index in [1.807, 2.05) is 0 Å². The summed E-state index contributed by atoms with van der Waals surface area (Å²) in [5.41, 5.74) is 0. The van der Waals surface area contributed by atoms with Crippen LogP contribution in [0.3, 0.4) is 0 Å². The van der Waals surface area contributed by atoms with E-state index in [-0.39, 0.29) is 6.15 Å². The first-order valence-electron chi connectivity index (χ1n) is 1.41. The first-order chi connectivity index (χ1) is 2.00. The van der Waals surface area contributed by atoms with Crippen molar-refractivity contribution < 1.29 is 5.11 Å². The third kappa shape index (κ3) is 984. The molecule has 0 aliphatic heterocycles. The zero-order chi connectivity index (χ0) is 4.50. The number of hydrogen-bond acceptors (Lipinski definition) is 2. The van der Waals surface area contributed by atoms with Crippen LogP contribution in [0, 0.1) is 0 Å². The van der Waals surface area contributed by atoms with Gasteiger partial charge in [-0.25, -0.2) is 0 Å². The van der Waals surface area contributed by atoms with Crippen molar-refractivity contribution in [2.24, 2.45) is 0 Å². The van der Waals surface area contributed by atoms with Crippen molar-refractivity contribution in [1.82, 2.24) is 6.15 Å². The maximum absolute atomic E-state index is 8.29. The topological polar surface area (TPSA) is 55.2 Å². The van der Waals surface area contributed by atoms with Crippen LogP contribution >= 0.6 is 11.6 Å². The second-order valence-corrected chi connectivity index (χ2v) is 2.33. The molecule has 40 valence electrons. The fourth-order valence-corrected chi connectivity index (χ4v) is 0. The molecule has 0 amide bonds. The van der Waals surface area contributed by atoms with Crippen molar-refractivity contribution in [2.75, 3.05) is 0 Å². The van der Waals surface area contributed by atoms with Gasteiger partial charge >= 0.3 is 0 Å². The zero-order valence-corrected chi connectivity index (χ0v) is 4.79. The van der Waals surface area contributed by atoms with Crippen LogP contribution in [0.2, 0.25) is 0 Å². The van der Waals surface area contributed by atoms with Gasteiger partial charge in [-0.15, -0.1) is 0 Å². The summed E-state index contributed by atoms with van der Waals surface area (Å²) in [5.74, 6) is 0. The van der Waals surface area contributed by atoms with Crippen molar-refractivity contribution >= 4 is 11.6 Å². The van der Waals surface area contributed by atoms with E-state index < -0.39 is 5.06 Å². The van der Waals surface area contributed by atoms with E-state index in [1.165, 1.54) is 13.8 Å². The summed E-state index contributed by atoms with van der Waals surface area (Å²) >= 11 is 5.09. The maximum Gasteiger partial charge on any atom is 0.133 e. The Hall–Kier alpha value is 0.210. The maximum atomic E-state index is 8.29. The molecule has 0 aliphatic carbocycles. The van der Waals surface area contributed by atoms with Gasteiger partial charge in [0.1, 0.15) is 5.06 Å². The van der Waals surface area contributed by atoms with Gasteiger partial charge in [0.05, 0.1) is 0 Å². The first-order valence-corrected chi connectivity index (χ1v) is 1.79. The quantitative estimate of drug-likeness (QED) is 0.460. The van der Waals surface area contributed by atoms with Crippen LogP contribution in [-0.4, -0.2) is 10.2 Å². The van der Waals surface area contributed by atoms with Gasteiger partial charge in [-0.1, -0.05) is 11.6 Å². The van der Waals surface area contributed by atoms with Crippen LogP contribution < -0.4 is 6.15 Å². The Balaban J connectivity index is 0. The molecule has 0 aromatic rings. The molecule has 0 aliphatic rings. The molecule has 0 fully saturated rings. The predicted molar refractivity (Wildman–Crippen MR) is 27.2 cm³/mol. The number of hydrogen-bond donors (Lipinski definition) is 2. The summed E-state index contributed by atoms with van der Waals surface area (Å²) in [5, 5.41) is 7.26. The molecular weight excluding hydrogens is 101 g/mol. The van der Waals surface area contributed by atoms with Crippen molar-refractivity contribution in [1.29, 1.82) is 0 Å². The lowest BCUT2D eigenvalue weighted by molar-refractivity contribution is 0.171. The van der Waals surface area contributed by atoms with Crippen LogP contribution in [0.5, 0.6) is 0 Å². The molecule has 0 rings (SSSR count). The summed E-state index contributed by atoms with van der Waals surface area (Å²) in [6.45, 7) is 3.02. The average molecular weight is 112 g/mol. The van der Waals surface area contributed by atoms with E-state index in [1.54, 1.807) is 0 Å². The molecular formula is C3H10ClNO. The van der Waals surface area contributed by atoms with Crippen LogP contribution in [0.4, 0.5) is 0 Å². The Morgan fingerprint density at radius 2 is 1.50 bits per heavy atom. The minimum Gasteiger partial charge on any atom is -0.376 e. The minimum absolute atomic E-state index is 0. The molecule has 0 radical (unpaired) electrons. The Bertz CT molecular complexity index is 26.3. The van der Waals surface area contributed by atoms with E-state index in [0.717, 1.165) is 0 Å². The fourth-order valence-electron chi connectivity index (χ4n) is 0. The summed E-state index contributed by atoms with van der Waals surface area (Å²) in [4.78, 5) is 0. The highest BCUT2D eigenvalue weighted by Crippen LogP contribution is 2.03. The molecule has 0 saturated heterocycles. The molecule has 0 saturated carbocycles. The highest BCUT2D eigenvalue weighted by atomic mass is 35.5. The van der Waals surface area contributed by atoms with Crippen LogP contribution in [-0.2, 0) is 0 Å². The molecule has 0 aromatic heterocycles. The third-order valence-electron chi connectivity index (χ3n) is 0. The molecule has 0 atom stereocenters. The van der Waals surface area contributed by atoms with E-state index in [0.29, 0.717) is 0 Å². The molecule has 0 heterocycles. The Morgan fingerprint density at radius 1 is 1.50 bits per heavy atom. The lowest BCUT2D eigenvalue weighted by atomic mass is 10.5. The molecule has 0 spiro atoms. The number of alkyl halides is 1. The normalized spacial score (nSPS) is 10.0. The second-order valence-electron chi connectivity index (χ2n) is 1.41. The summed E-state index contributed by atoms with van der Waals surface area (Å²) in [6, 6.07) is 0. The van der Waals surface area contributed by atoms with E-state index >= 15 is 0 Å². The molecule has 6 heavy (non-hydrogen) atoms. The average Bonchev–Trinajstić information content (AvgIpc) is 0.722. The smallest absolute Gasteiger partial charge is 0.133 e. The van der Waals surface area contributed by atoms with E-state index in [4.69, 9.17) is 16.7 Å². The Morgan fingerprint density at radius 3 is 1.50 bits per heavy atom. The molecule has 0 bridgehead atoms. The highest BCUT2D eigenvalue weighted by Gasteiger charge is 2.01. The van der Waals surface area contributed by atoms with Crippen molar-refractivity contribution in [3.8, 4) is 0 Å². The number of rotatable bonds is 0. The third-order valence-corrected chi connectivity index (χ3v) is 0. The second kappa shape index (κ2) is 2.39. The van der Waals surface area contributed by atoms with E-state index in [9.17, 15) is 0 Å². The molecule has 4 N–H and O–H groups in total. The van der Waals surface area contributed by atoms with Gasteiger partial charge in [0.2, 0.25) is 0 Å². The lowest BCUT2D eigenvalue weighted by Gasteiger charge is -2.01. The van der Waals surface area contributed by atoms with Crippen LogP contribution in [0.25, 0.3) is 0 Å². The van der Waals surface area contributed by atoms with Crippen molar-refractivity contribution in [3.63, 3.8) is 0 Å². The largest absolute Gasteiger partial charge is 0.376 e. The van der Waals surface area contributed by atoms with Crippen molar-refractivity contribution in [3.05, 3.63) is 0 Å². The van der Waals surface area contributed by atoms with E-state index in [2.05, 4.69) is 0 Å². The molecule has 2 nitrogen and oxygen atoms in total. The fraction of sp³-hybridized carbons (Fsp3) is 1.00. The van der Waals surface area contributed by atoms with Crippen LogP contribution in [0.15, 0.2) is 0 Å². The van der Waals surface area contributed by atoms with Crippen LogP contribution in [0.1, 0.15) is 13.8 Å². The van der Waals surface area contributed by atoms with Crippen molar-refractivity contribution in [2.45, 2.75) is 18.9 Å². The first kappa shape index (κ1) is 9.51. The summed E-state index contributed by atoms with van der Waals surface area (Å²) in [7, 11) is 0. The number of aliphatic hydroxyl groups is 1. The summed E-state index contributed by atoms with van der Waals surface area (Å²) in [6.07, 6.45) is 0. The van der Waals surface area contributed by atoms with Gasteiger partial charge in [-0.2, -0.15) is 0 Å². The number of halogens is 1. The Labute approximate surface area is 42.7 Å². The van der Waals surface area contributed by atoms with Gasteiger partial charge in [0.15, 0.2) is 0 Å². The van der Waals surface area contributed by atoms with Gasteiger partial charge in [0, 0.05) is 0 Å².